The van der Waals surface area contributed by atoms with Crippen molar-refractivity contribution >= 4 is 35.8 Å². The van der Waals surface area contributed by atoms with Crippen molar-refractivity contribution in [1.29, 1.82) is 0 Å². The molecule has 0 aromatic heterocycles. The summed E-state index contributed by atoms with van der Waals surface area (Å²) >= 11 is 0. The van der Waals surface area contributed by atoms with Crippen LogP contribution in [0.2, 0.25) is 0 Å². The van der Waals surface area contributed by atoms with E-state index in [-0.39, 0.29) is 42.0 Å². The molecule has 0 unspecified atom stereocenters. The number of halogens is 1. The molecule has 3 N–H and O–H groups in total. The minimum Gasteiger partial charge on any atom is -0.357 e. The molecule has 1 aromatic carbocycles. The lowest BCUT2D eigenvalue weighted by molar-refractivity contribution is -0.121. The van der Waals surface area contributed by atoms with Gasteiger partial charge in [0, 0.05) is 38.3 Å². The van der Waals surface area contributed by atoms with Crippen molar-refractivity contribution < 1.29 is 4.79 Å². The predicted octanol–water partition coefficient (Wildman–Crippen LogP) is 2.13. The molecular weight excluding hydrogens is 453 g/mol. The van der Waals surface area contributed by atoms with Gasteiger partial charge in [-0.05, 0) is 45.2 Å². The van der Waals surface area contributed by atoms with Crippen LogP contribution in [0.15, 0.2) is 29.3 Å². The van der Waals surface area contributed by atoms with Crippen LogP contribution in [0, 0.1) is 0 Å². The van der Waals surface area contributed by atoms with Crippen molar-refractivity contribution in [2.24, 2.45) is 4.99 Å². The number of hydrogen-bond acceptors (Lipinski definition) is 3. The van der Waals surface area contributed by atoms with Crippen molar-refractivity contribution in [3.63, 3.8) is 0 Å². The van der Waals surface area contributed by atoms with Crippen LogP contribution in [0.5, 0.6) is 0 Å². The average molecular weight is 487 g/mol. The largest absolute Gasteiger partial charge is 0.357 e. The maximum Gasteiger partial charge on any atom is 0.242 e. The molecule has 1 heterocycles. The lowest BCUT2D eigenvalue weighted by atomic mass is 10.00. The fourth-order valence-corrected chi connectivity index (χ4v) is 3.03. The SMILES string of the molecule is CCNC(=NCC(=O)NC(C)(C)C)NCCN1CCc2ccccc2C1.I. The molecule has 0 aliphatic carbocycles. The average Bonchev–Trinajstić information content (AvgIpc) is 2.58. The molecule has 1 amide bonds. The second-order valence-electron chi connectivity index (χ2n) is 7.71. The van der Waals surface area contributed by atoms with Crippen molar-refractivity contribution in [2.75, 3.05) is 32.7 Å². The highest BCUT2D eigenvalue weighted by Crippen LogP contribution is 2.17. The summed E-state index contributed by atoms with van der Waals surface area (Å²) in [5.74, 6) is 0.622. The van der Waals surface area contributed by atoms with Crippen LogP contribution in [-0.2, 0) is 17.8 Å². The number of amides is 1. The Kier molecular flexibility index (Phi) is 10.1. The lowest BCUT2D eigenvalue weighted by Crippen LogP contribution is -2.44. The van der Waals surface area contributed by atoms with Gasteiger partial charge < -0.3 is 16.0 Å². The Morgan fingerprint density at radius 1 is 1.19 bits per heavy atom. The third-order valence-electron chi connectivity index (χ3n) is 4.17. The summed E-state index contributed by atoms with van der Waals surface area (Å²) in [4.78, 5) is 18.8. The summed E-state index contributed by atoms with van der Waals surface area (Å²) in [6.07, 6.45) is 1.11. The van der Waals surface area contributed by atoms with Crippen molar-refractivity contribution in [3.05, 3.63) is 35.4 Å². The molecule has 7 heteroatoms. The van der Waals surface area contributed by atoms with Crippen LogP contribution in [0.4, 0.5) is 0 Å². The number of carbonyl (C=O) groups excluding carboxylic acids is 1. The highest BCUT2D eigenvalue weighted by Gasteiger charge is 2.15. The van der Waals surface area contributed by atoms with E-state index in [2.05, 4.69) is 50.1 Å². The van der Waals surface area contributed by atoms with Gasteiger partial charge in [0.1, 0.15) is 6.54 Å². The Bertz CT molecular complexity index is 627. The molecule has 152 valence electrons. The Hall–Kier alpha value is -1.35. The number of nitrogens with one attached hydrogen (secondary N) is 3. The van der Waals surface area contributed by atoms with Gasteiger partial charge in [-0.25, -0.2) is 4.99 Å². The maximum absolute atomic E-state index is 11.9. The lowest BCUT2D eigenvalue weighted by Gasteiger charge is -2.28. The number of carbonyl (C=O) groups is 1. The molecule has 0 bridgehead atoms. The van der Waals surface area contributed by atoms with Gasteiger partial charge in [-0.15, -0.1) is 24.0 Å². The first-order valence-corrected chi connectivity index (χ1v) is 9.49. The highest BCUT2D eigenvalue weighted by molar-refractivity contribution is 14.0. The van der Waals surface area contributed by atoms with Gasteiger partial charge >= 0.3 is 0 Å². The van der Waals surface area contributed by atoms with E-state index in [1.165, 1.54) is 11.1 Å². The number of guanidine groups is 1. The van der Waals surface area contributed by atoms with E-state index in [9.17, 15) is 4.79 Å². The number of aliphatic imine (C=N–C) groups is 1. The van der Waals surface area contributed by atoms with Crippen LogP contribution in [0.1, 0.15) is 38.8 Å². The third-order valence-corrected chi connectivity index (χ3v) is 4.17. The van der Waals surface area contributed by atoms with Crippen molar-refractivity contribution in [2.45, 2.75) is 46.2 Å². The molecular formula is C20H34IN5O. The van der Waals surface area contributed by atoms with Crippen LogP contribution in [-0.4, -0.2) is 55.0 Å². The zero-order valence-electron chi connectivity index (χ0n) is 17.0. The fourth-order valence-electron chi connectivity index (χ4n) is 3.03. The number of fused-ring (bicyclic) bond motifs is 1. The first kappa shape index (κ1) is 23.7. The van der Waals surface area contributed by atoms with Crippen molar-refractivity contribution in [3.8, 4) is 0 Å². The smallest absolute Gasteiger partial charge is 0.242 e. The van der Waals surface area contributed by atoms with Gasteiger partial charge in [-0.3, -0.25) is 9.69 Å². The summed E-state index contributed by atoms with van der Waals surface area (Å²) < 4.78 is 0. The maximum atomic E-state index is 11.9. The van der Waals surface area contributed by atoms with Crippen LogP contribution < -0.4 is 16.0 Å². The molecule has 0 radical (unpaired) electrons. The van der Waals surface area contributed by atoms with E-state index in [0.29, 0.717) is 5.96 Å². The molecule has 1 aromatic rings. The number of nitrogens with zero attached hydrogens (tertiary/aromatic N) is 2. The Morgan fingerprint density at radius 3 is 2.56 bits per heavy atom. The minimum atomic E-state index is -0.233. The van der Waals surface area contributed by atoms with Gasteiger partial charge in [-0.2, -0.15) is 0 Å². The molecule has 0 fully saturated rings. The number of hydrogen-bond donors (Lipinski definition) is 3. The molecule has 0 saturated heterocycles. The van der Waals surface area contributed by atoms with E-state index in [1.54, 1.807) is 0 Å². The molecule has 0 spiro atoms. The van der Waals surface area contributed by atoms with E-state index in [1.807, 2.05) is 27.7 Å². The first-order valence-electron chi connectivity index (χ1n) is 9.49. The number of rotatable bonds is 6. The molecule has 1 aliphatic heterocycles. The minimum absolute atomic E-state index is 0. The highest BCUT2D eigenvalue weighted by atomic mass is 127. The van der Waals surface area contributed by atoms with Gasteiger partial charge in [0.15, 0.2) is 5.96 Å². The van der Waals surface area contributed by atoms with Crippen LogP contribution in [0.3, 0.4) is 0 Å². The Labute approximate surface area is 180 Å². The molecule has 6 nitrogen and oxygen atoms in total. The van der Waals surface area contributed by atoms with Crippen molar-refractivity contribution in [1.82, 2.24) is 20.9 Å². The predicted molar refractivity (Wildman–Crippen MR) is 123 cm³/mol. The standard InChI is InChI=1S/C20H33N5O.HI/c1-5-21-19(23-14-18(26)24-20(2,3)4)22-11-13-25-12-10-16-8-6-7-9-17(16)15-25;/h6-9H,5,10-15H2,1-4H3,(H,24,26)(H2,21,22,23);1H. The van der Waals surface area contributed by atoms with Gasteiger partial charge in [-0.1, -0.05) is 24.3 Å². The molecule has 27 heavy (non-hydrogen) atoms. The van der Waals surface area contributed by atoms with Crippen LogP contribution >= 0.6 is 24.0 Å². The first-order chi connectivity index (χ1) is 12.4. The monoisotopic (exact) mass is 487 g/mol. The zero-order valence-corrected chi connectivity index (χ0v) is 19.3. The topological polar surface area (TPSA) is 68.8 Å². The van der Waals surface area contributed by atoms with E-state index in [4.69, 9.17) is 0 Å². The summed E-state index contributed by atoms with van der Waals surface area (Å²) in [6.45, 7) is 12.7. The van der Waals surface area contributed by atoms with E-state index >= 15 is 0 Å². The molecule has 0 saturated carbocycles. The van der Waals surface area contributed by atoms with Gasteiger partial charge in [0.05, 0.1) is 0 Å². The quantitative estimate of drug-likeness (QED) is 0.327. The summed E-state index contributed by atoms with van der Waals surface area (Å²) in [7, 11) is 0. The second-order valence-corrected chi connectivity index (χ2v) is 7.71. The molecule has 1 aliphatic rings. The molecule has 0 atom stereocenters. The zero-order chi connectivity index (χ0) is 19.0. The number of benzene rings is 1. The Balaban J connectivity index is 0.00000364. The van der Waals surface area contributed by atoms with Gasteiger partial charge in [0.25, 0.3) is 0 Å². The summed E-state index contributed by atoms with van der Waals surface area (Å²) in [5.41, 5.74) is 2.66. The van der Waals surface area contributed by atoms with Crippen LogP contribution in [0.25, 0.3) is 0 Å². The summed E-state index contributed by atoms with van der Waals surface area (Å²) in [6, 6.07) is 8.67. The van der Waals surface area contributed by atoms with Gasteiger partial charge in [0.2, 0.25) is 5.91 Å². The molecule has 2 rings (SSSR count). The second kappa shape index (κ2) is 11.5. The third kappa shape index (κ3) is 8.92. The fraction of sp³-hybridized carbons (Fsp3) is 0.600. The summed E-state index contributed by atoms with van der Waals surface area (Å²) in [5, 5.41) is 9.45. The Morgan fingerprint density at radius 2 is 1.89 bits per heavy atom. The van der Waals surface area contributed by atoms with E-state index < -0.39 is 0 Å². The normalized spacial score (nSPS) is 14.7. The van der Waals surface area contributed by atoms with E-state index in [0.717, 1.165) is 39.1 Å².